The first-order valence-corrected chi connectivity index (χ1v) is 7.17. The van der Waals surface area contributed by atoms with Gasteiger partial charge in [-0.1, -0.05) is 18.2 Å². The zero-order chi connectivity index (χ0) is 14.8. The first-order valence-electron chi connectivity index (χ1n) is 5.69. The van der Waals surface area contributed by atoms with Crippen LogP contribution in [0.1, 0.15) is 11.1 Å². The zero-order valence-electron chi connectivity index (χ0n) is 10.7. The van der Waals surface area contributed by atoms with Gasteiger partial charge in [-0.25, -0.2) is 13.4 Å². The lowest BCUT2D eigenvalue weighted by atomic mass is 10.1. The Bertz CT molecular complexity index is 757. The summed E-state index contributed by atoms with van der Waals surface area (Å²) in [4.78, 5) is 4.01. The van der Waals surface area contributed by atoms with E-state index in [-0.39, 0.29) is 22.1 Å². The number of nitrogens with zero attached hydrogens (tertiary/aromatic N) is 2. The van der Waals surface area contributed by atoms with Crippen molar-refractivity contribution in [3.8, 4) is 6.07 Å². The van der Waals surface area contributed by atoms with Crippen molar-refractivity contribution < 1.29 is 8.42 Å². The van der Waals surface area contributed by atoms with Gasteiger partial charge >= 0.3 is 0 Å². The minimum atomic E-state index is -3.72. The molecule has 0 aliphatic carbocycles. The molecule has 1 aromatic carbocycles. The molecule has 1 heterocycles. The molecule has 7 heteroatoms. The maximum atomic E-state index is 12.1. The van der Waals surface area contributed by atoms with Crippen molar-refractivity contribution in [2.24, 2.45) is 0 Å². The van der Waals surface area contributed by atoms with Crippen LogP contribution in [0, 0.1) is 18.3 Å². The number of hydrogen-bond acceptors (Lipinski definition) is 5. The Labute approximate surface area is 116 Å². The van der Waals surface area contributed by atoms with Crippen LogP contribution < -0.4 is 10.5 Å². The number of benzene rings is 1. The van der Waals surface area contributed by atoms with Gasteiger partial charge in [-0.15, -0.1) is 0 Å². The minimum Gasteiger partial charge on any atom is -0.383 e. The molecule has 0 radical (unpaired) electrons. The largest absolute Gasteiger partial charge is 0.383 e. The Kier molecular flexibility index (Phi) is 3.59. The van der Waals surface area contributed by atoms with Crippen molar-refractivity contribution in [1.29, 1.82) is 5.26 Å². The molecule has 0 spiro atoms. The van der Waals surface area contributed by atoms with Crippen molar-refractivity contribution >= 4 is 21.7 Å². The van der Waals surface area contributed by atoms with Crippen molar-refractivity contribution in [1.82, 2.24) is 4.98 Å². The van der Waals surface area contributed by atoms with Crippen molar-refractivity contribution in [2.45, 2.75) is 11.8 Å². The van der Waals surface area contributed by atoms with E-state index in [0.29, 0.717) is 5.56 Å². The van der Waals surface area contributed by atoms with Crippen LogP contribution in [0.2, 0.25) is 0 Å². The fourth-order valence-corrected chi connectivity index (χ4v) is 2.70. The summed E-state index contributed by atoms with van der Waals surface area (Å²) < 4.78 is 26.6. The number of nitrogen functional groups attached to an aromatic ring is 1. The second kappa shape index (κ2) is 5.19. The van der Waals surface area contributed by atoms with Gasteiger partial charge in [0.05, 0.1) is 10.5 Å². The maximum absolute atomic E-state index is 12.1. The van der Waals surface area contributed by atoms with Gasteiger partial charge in [0, 0.05) is 0 Å². The highest BCUT2D eigenvalue weighted by atomic mass is 32.2. The van der Waals surface area contributed by atoms with Gasteiger partial charge in [0.1, 0.15) is 17.7 Å². The standard InChI is InChI=1S/C13H12N4O2S/c1-9-7-12(16-13(15)11(9)8-14)17-20(18,19)10-5-3-2-4-6-10/h2-7H,1H3,(H3,15,16,17). The molecule has 0 atom stereocenters. The molecule has 0 amide bonds. The molecule has 2 aromatic rings. The summed E-state index contributed by atoms with van der Waals surface area (Å²) in [5, 5.41) is 8.89. The highest BCUT2D eigenvalue weighted by Crippen LogP contribution is 2.20. The second-order valence-corrected chi connectivity index (χ2v) is 5.80. The third-order valence-corrected chi connectivity index (χ3v) is 4.02. The predicted octanol–water partition coefficient (Wildman–Crippen LogP) is 1.64. The predicted molar refractivity (Wildman–Crippen MR) is 75.4 cm³/mol. The third-order valence-electron chi connectivity index (χ3n) is 2.65. The van der Waals surface area contributed by atoms with E-state index in [1.165, 1.54) is 18.2 Å². The van der Waals surface area contributed by atoms with Crippen LogP contribution in [0.25, 0.3) is 0 Å². The quantitative estimate of drug-likeness (QED) is 0.892. The lowest BCUT2D eigenvalue weighted by molar-refractivity contribution is 0.601. The van der Waals surface area contributed by atoms with Crippen LogP contribution in [0.5, 0.6) is 0 Å². The van der Waals surface area contributed by atoms with Gasteiger partial charge in [0.25, 0.3) is 10.0 Å². The molecular formula is C13H12N4O2S. The summed E-state index contributed by atoms with van der Waals surface area (Å²) >= 11 is 0. The number of anilines is 2. The van der Waals surface area contributed by atoms with Crippen LogP contribution in [0.15, 0.2) is 41.3 Å². The monoisotopic (exact) mass is 288 g/mol. The molecule has 0 bridgehead atoms. The molecule has 102 valence electrons. The first kappa shape index (κ1) is 13.8. The molecule has 0 aliphatic rings. The van der Waals surface area contributed by atoms with Gasteiger partial charge in [0.15, 0.2) is 0 Å². The average Bonchev–Trinajstić information content (AvgIpc) is 2.39. The molecule has 0 fully saturated rings. The van der Waals surface area contributed by atoms with Gasteiger partial charge in [-0.05, 0) is 30.7 Å². The summed E-state index contributed by atoms with van der Waals surface area (Å²) in [6.45, 7) is 1.66. The summed E-state index contributed by atoms with van der Waals surface area (Å²) in [6, 6.07) is 11.3. The number of nitriles is 1. The lowest BCUT2D eigenvalue weighted by Gasteiger charge is -2.09. The number of aromatic nitrogens is 1. The summed E-state index contributed by atoms with van der Waals surface area (Å²) in [5.41, 5.74) is 6.43. The Morgan fingerprint density at radius 3 is 2.50 bits per heavy atom. The van der Waals surface area contributed by atoms with Crippen molar-refractivity contribution in [3.63, 3.8) is 0 Å². The Hall–Kier alpha value is -2.59. The van der Waals surface area contributed by atoms with Gasteiger partial charge in [-0.3, -0.25) is 4.72 Å². The van der Waals surface area contributed by atoms with Crippen LogP contribution >= 0.6 is 0 Å². The Balaban J connectivity index is 2.39. The molecule has 0 aliphatic heterocycles. The molecule has 0 unspecified atom stereocenters. The molecule has 1 aromatic heterocycles. The Morgan fingerprint density at radius 1 is 1.30 bits per heavy atom. The van der Waals surface area contributed by atoms with E-state index in [1.807, 2.05) is 6.07 Å². The lowest BCUT2D eigenvalue weighted by Crippen LogP contribution is -2.15. The molecule has 0 saturated carbocycles. The van der Waals surface area contributed by atoms with Crippen LogP contribution in [-0.4, -0.2) is 13.4 Å². The van der Waals surface area contributed by atoms with Crippen LogP contribution in [0.3, 0.4) is 0 Å². The number of rotatable bonds is 3. The number of sulfonamides is 1. The smallest absolute Gasteiger partial charge is 0.263 e. The van der Waals surface area contributed by atoms with E-state index in [2.05, 4.69) is 9.71 Å². The molecule has 3 N–H and O–H groups in total. The van der Waals surface area contributed by atoms with E-state index < -0.39 is 10.0 Å². The first-order chi connectivity index (χ1) is 9.44. The topological polar surface area (TPSA) is 109 Å². The zero-order valence-corrected chi connectivity index (χ0v) is 11.5. The third kappa shape index (κ3) is 2.70. The maximum Gasteiger partial charge on any atom is 0.263 e. The molecule has 6 nitrogen and oxygen atoms in total. The minimum absolute atomic E-state index is 0.00161. The molecule has 2 rings (SSSR count). The van der Waals surface area contributed by atoms with E-state index in [9.17, 15) is 8.42 Å². The summed E-state index contributed by atoms with van der Waals surface area (Å²) in [6.07, 6.45) is 0. The SMILES string of the molecule is Cc1cc(NS(=O)(=O)c2ccccc2)nc(N)c1C#N. The summed E-state index contributed by atoms with van der Waals surface area (Å²) in [5.74, 6) is 0.0844. The number of pyridine rings is 1. The van der Waals surface area contributed by atoms with Crippen molar-refractivity contribution in [2.75, 3.05) is 10.5 Å². The highest BCUT2D eigenvalue weighted by molar-refractivity contribution is 7.92. The number of hydrogen-bond donors (Lipinski definition) is 2. The summed E-state index contributed by atoms with van der Waals surface area (Å²) in [7, 11) is -3.72. The molecular weight excluding hydrogens is 276 g/mol. The fourth-order valence-electron chi connectivity index (χ4n) is 1.69. The van der Waals surface area contributed by atoms with E-state index in [4.69, 9.17) is 11.0 Å². The average molecular weight is 288 g/mol. The second-order valence-electron chi connectivity index (χ2n) is 4.11. The van der Waals surface area contributed by atoms with Gasteiger partial charge in [-0.2, -0.15) is 5.26 Å². The van der Waals surface area contributed by atoms with E-state index in [1.54, 1.807) is 25.1 Å². The number of aryl methyl sites for hydroxylation is 1. The van der Waals surface area contributed by atoms with Crippen molar-refractivity contribution in [3.05, 3.63) is 47.5 Å². The van der Waals surface area contributed by atoms with Gasteiger partial charge < -0.3 is 5.73 Å². The van der Waals surface area contributed by atoms with Gasteiger partial charge in [0.2, 0.25) is 0 Å². The number of nitrogens with two attached hydrogens (primary N) is 1. The van der Waals surface area contributed by atoms with Crippen LogP contribution in [0.4, 0.5) is 11.6 Å². The van der Waals surface area contributed by atoms with Crippen LogP contribution in [-0.2, 0) is 10.0 Å². The Morgan fingerprint density at radius 2 is 1.95 bits per heavy atom. The fraction of sp³-hybridized carbons (Fsp3) is 0.0769. The van der Waals surface area contributed by atoms with E-state index >= 15 is 0 Å². The highest BCUT2D eigenvalue weighted by Gasteiger charge is 2.16. The number of nitrogens with one attached hydrogen (secondary N) is 1. The molecule has 0 saturated heterocycles. The molecule has 20 heavy (non-hydrogen) atoms. The normalized spacial score (nSPS) is 10.8. The van der Waals surface area contributed by atoms with E-state index in [0.717, 1.165) is 0 Å².